The molecule has 1 aromatic carbocycles. The van der Waals surface area contributed by atoms with Crippen molar-refractivity contribution in [3.05, 3.63) is 53.9 Å². The van der Waals surface area contributed by atoms with Gasteiger partial charge in [-0.15, -0.1) is 0 Å². The Labute approximate surface area is 196 Å². The number of carbonyl (C=O) groups excluding carboxylic acids is 1. The Morgan fingerprint density at radius 2 is 1.82 bits per heavy atom. The second-order valence-corrected chi connectivity index (χ2v) is 8.47. The molecule has 2 atom stereocenters. The lowest BCUT2D eigenvalue weighted by molar-refractivity contribution is -0.137. The number of alkyl halides is 3. The Morgan fingerprint density at radius 1 is 1.12 bits per heavy atom. The van der Waals surface area contributed by atoms with Crippen LogP contribution in [0, 0.1) is 0 Å². The van der Waals surface area contributed by atoms with E-state index < -0.39 is 11.7 Å². The molecule has 2 N–H and O–H groups in total. The number of urea groups is 1. The van der Waals surface area contributed by atoms with Gasteiger partial charge in [0.2, 0.25) is 5.95 Å². The van der Waals surface area contributed by atoms with Crippen molar-refractivity contribution in [3.63, 3.8) is 0 Å². The lowest BCUT2D eigenvalue weighted by Crippen LogP contribution is -2.52. The molecule has 8 nitrogen and oxygen atoms in total. The van der Waals surface area contributed by atoms with E-state index in [1.54, 1.807) is 18.5 Å². The predicted molar refractivity (Wildman–Crippen MR) is 120 cm³/mol. The number of nitrogens with zero attached hydrogens (tertiary/aromatic N) is 4. The van der Waals surface area contributed by atoms with Crippen LogP contribution in [-0.2, 0) is 10.9 Å². The molecule has 11 heteroatoms. The standard InChI is InChI=1S/C23H29F3N6O2/c24-23(25,26)18-6-4-17(5-7-18)20(31-11-13-34-14-12-31)15-29-22(33)30-19-3-1-10-32(16-19)21-27-8-2-9-28-21/h2,4-9,19-20H,1,3,10-16H2,(H2,29,30,33). The Kier molecular flexibility index (Phi) is 7.84. The molecule has 3 heterocycles. The van der Waals surface area contributed by atoms with Gasteiger partial charge in [-0.3, -0.25) is 4.90 Å². The summed E-state index contributed by atoms with van der Waals surface area (Å²) in [5, 5.41) is 5.94. The number of nitrogens with one attached hydrogen (secondary N) is 2. The highest BCUT2D eigenvalue weighted by Gasteiger charge is 2.31. The molecule has 34 heavy (non-hydrogen) atoms. The maximum atomic E-state index is 13.0. The fraction of sp³-hybridized carbons (Fsp3) is 0.522. The number of carbonyl (C=O) groups is 1. The first kappa shape index (κ1) is 24.2. The topological polar surface area (TPSA) is 82.6 Å². The highest BCUT2D eigenvalue weighted by Crippen LogP contribution is 2.31. The lowest BCUT2D eigenvalue weighted by Gasteiger charge is -2.35. The summed E-state index contributed by atoms with van der Waals surface area (Å²) >= 11 is 0. The molecule has 2 fully saturated rings. The largest absolute Gasteiger partial charge is 0.416 e. The normalized spacial score (nSPS) is 20.6. The SMILES string of the molecule is O=C(NCC(c1ccc(C(F)(F)F)cc1)N1CCOCC1)NC1CCCN(c2ncccn2)C1. The van der Waals surface area contributed by atoms with Gasteiger partial charge in [0, 0.05) is 51.2 Å². The molecule has 0 bridgehead atoms. The predicted octanol–water partition coefficient (Wildman–Crippen LogP) is 2.84. The summed E-state index contributed by atoms with van der Waals surface area (Å²) in [5.41, 5.74) is 0.0344. The van der Waals surface area contributed by atoms with E-state index in [1.807, 2.05) is 4.90 Å². The van der Waals surface area contributed by atoms with Gasteiger partial charge >= 0.3 is 12.2 Å². The van der Waals surface area contributed by atoms with Gasteiger partial charge in [-0.2, -0.15) is 13.2 Å². The van der Waals surface area contributed by atoms with E-state index >= 15 is 0 Å². The van der Waals surface area contributed by atoms with Gasteiger partial charge in [0.25, 0.3) is 0 Å². The Hall–Kier alpha value is -2.92. The van der Waals surface area contributed by atoms with Crippen LogP contribution in [0.1, 0.15) is 30.0 Å². The molecule has 2 amide bonds. The molecule has 0 aliphatic carbocycles. The molecule has 2 aliphatic heterocycles. The third-order valence-corrected chi connectivity index (χ3v) is 6.16. The van der Waals surface area contributed by atoms with Gasteiger partial charge < -0.3 is 20.3 Å². The number of hydrogen-bond acceptors (Lipinski definition) is 6. The number of hydrogen-bond donors (Lipinski definition) is 2. The molecule has 1 aromatic heterocycles. The summed E-state index contributed by atoms with van der Waals surface area (Å²) in [7, 11) is 0. The van der Waals surface area contributed by atoms with Crippen LogP contribution < -0.4 is 15.5 Å². The minimum Gasteiger partial charge on any atom is -0.379 e. The van der Waals surface area contributed by atoms with Crippen LogP contribution in [0.15, 0.2) is 42.7 Å². The molecule has 0 radical (unpaired) electrons. The first-order chi connectivity index (χ1) is 16.4. The number of morpholine rings is 1. The lowest BCUT2D eigenvalue weighted by atomic mass is 10.0. The molecule has 4 rings (SSSR count). The fourth-order valence-electron chi connectivity index (χ4n) is 4.40. The van der Waals surface area contributed by atoms with E-state index in [4.69, 9.17) is 4.74 Å². The number of aromatic nitrogens is 2. The highest BCUT2D eigenvalue weighted by molar-refractivity contribution is 5.74. The molecular formula is C23H29F3N6O2. The molecule has 2 unspecified atom stereocenters. The summed E-state index contributed by atoms with van der Waals surface area (Å²) < 4.78 is 44.4. The number of piperidine rings is 1. The number of rotatable bonds is 6. The number of benzene rings is 1. The first-order valence-electron chi connectivity index (χ1n) is 11.5. The smallest absolute Gasteiger partial charge is 0.379 e. The zero-order valence-electron chi connectivity index (χ0n) is 18.8. The summed E-state index contributed by atoms with van der Waals surface area (Å²) in [6, 6.07) is 6.31. The van der Waals surface area contributed by atoms with E-state index in [1.165, 1.54) is 12.1 Å². The quantitative estimate of drug-likeness (QED) is 0.665. The van der Waals surface area contributed by atoms with Crippen molar-refractivity contribution in [1.82, 2.24) is 25.5 Å². The van der Waals surface area contributed by atoms with Crippen molar-refractivity contribution in [2.75, 3.05) is 50.8 Å². The van der Waals surface area contributed by atoms with E-state index in [0.29, 0.717) is 38.8 Å². The Balaban J connectivity index is 1.36. The number of anilines is 1. The second-order valence-electron chi connectivity index (χ2n) is 8.47. The maximum absolute atomic E-state index is 13.0. The molecule has 184 valence electrons. The second kappa shape index (κ2) is 11.0. The summed E-state index contributed by atoms with van der Waals surface area (Å²) in [5.74, 6) is 0.643. The van der Waals surface area contributed by atoms with Crippen molar-refractivity contribution < 1.29 is 22.7 Å². The summed E-state index contributed by atoms with van der Waals surface area (Å²) in [4.78, 5) is 25.4. The van der Waals surface area contributed by atoms with Crippen molar-refractivity contribution in [1.29, 1.82) is 0 Å². The molecule has 0 spiro atoms. The van der Waals surface area contributed by atoms with Crippen molar-refractivity contribution in [2.45, 2.75) is 31.1 Å². The van der Waals surface area contributed by atoms with E-state index in [9.17, 15) is 18.0 Å². The Bertz CT molecular complexity index is 923. The first-order valence-corrected chi connectivity index (χ1v) is 11.5. The summed E-state index contributed by atoms with van der Waals surface area (Å²) in [6.45, 7) is 4.09. The zero-order chi connectivity index (χ0) is 24.0. The van der Waals surface area contributed by atoms with Crippen LogP contribution in [0.4, 0.5) is 23.9 Å². The van der Waals surface area contributed by atoms with Crippen molar-refractivity contribution >= 4 is 12.0 Å². The third kappa shape index (κ3) is 6.35. The van der Waals surface area contributed by atoms with Crippen LogP contribution >= 0.6 is 0 Å². The molecule has 0 saturated carbocycles. The van der Waals surface area contributed by atoms with Gasteiger partial charge in [-0.05, 0) is 36.6 Å². The minimum atomic E-state index is -4.39. The van der Waals surface area contributed by atoms with Crippen molar-refractivity contribution in [3.8, 4) is 0 Å². The van der Waals surface area contributed by atoms with Gasteiger partial charge in [-0.1, -0.05) is 12.1 Å². The van der Waals surface area contributed by atoms with Crippen molar-refractivity contribution in [2.24, 2.45) is 0 Å². The maximum Gasteiger partial charge on any atom is 0.416 e. The minimum absolute atomic E-state index is 0.0505. The van der Waals surface area contributed by atoms with Crippen LogP contribution in [0.5, 0.6) is 0 Å². The van der Waals surface area contributed by atoms with Gasteiger partial charge in [0.1, 0.15) is 0 Å². The molecule has 2 aromatic rings. The number of halogens is 3. The number of ether oxygens (including phenoxy) is 1. The molecular weight excluding hydrogens is 449 g/mol. The Morgan fingerprint density at radius 3 is 2.50 bits per heavy atom. The monoisotopic (exact) mass is 478 g/mol. The molecule has 2 saturated heterocycles. The highest BCUT2D eigenvalue weighted by atomic mass is 19.4. The van der Waals surface area contributed by atoms with Gasteiger partial charge in [0.15, 0.2) is 0 Å². The van der Waals surface area contributed by atoms with Crippen LogP contribution in [-0.4, -0.2) is 72.9 Å². The third-order valence-electron chi connectivity index (χ3n) is 6.16. The van der Waals surface area contributed by atoms with E-state index in [-0.39, 0.29) is 24.7 Å². The fourth-order valence-corrected chi connectivity index (χ4v) is 4.40. The van der Waals surface area contributed by atoms with Gasteiger partial charge in [-0.25, -0.2) is 14.8 Å². The zero-order valence-corrected chi connectivity index (χ0v) is 18.8. The number of amides is 2. The van der Waals surface area contributed by atoms with Crippen LogP contribution in [0.25, 0.3) is 0 Å². The van der Waals surface area contributed by atoms with Gasteiger partial charge in [0.05, 0.1) is 24.8 Å². The van der Waals surface area contributed by atoms with E-state index in [0.717, 1.165) is 37.1 Å². The van der Waals surface area contributed by atoms with E-state index in [2.05, 4.69) is 25.5 Å². The average Bonchev–Trinajstić information content (AvgIpc) is 2.85. The summed E-state index contributed by atoms with van der Waals surface area (Å²) in [6.07, 6.45) is 0.760. The average molecular weight is 479 g/mol. The molecule has 2 aliphatic rings. The van der Waals surface area contributed by atoms with Crippen LogP contribution in [0.3, 0.4) is 0 Å². The van der Waals surface area contributed by atoms with Crippen LogP contribution in [0.2, 0.25) is 0 Å².